The number of furan rings is 1. The molecule has 2 aromatic carbocycles. The van der Waals surface area contributed by atoms with Crippen molar-refractivity contribution in [3.05, 3.63) is 64.7 Å². The van der Waals surface area contributed by atoms with Gasteiger partial charge in [-0.3, -0.25) is 14.2 Å². The highest BCUT2D eigenvalue weighted by atomic mass is 32.2. The zero-order valence-corrected chi connectivity index (χ0v) is 18.0. The van der Waals surface area contributed by atoms with Gasteiger partial charge in [0.25, 0.3) is 5.56 Å². The number of halogens is 1. The van der Waals surface area contributed by atoms with Crippen LogP contribution in [-0.4, -0.2) is 21.2 Å². The Morgan fingerprint density at radius 1 is 1.19 bits per heavy atom. The first-order chi connectivity index (χ1) is 14.9. The van der Waals surface area contributed by atoms with Crippen LogP contribution < -0.4 is 10.9 Å². The molecule has 1 N–H and O–H groups in total. The van der Waals surface area contributed by atoms with Crippen LogP contribution in [0, 0.1) is 11.7 Å². The number of amides is 1. The zero-order chi connectivity index (χ0) is 22.0. The average molecular weight is 440 g/mol. The van der Waals surface area contributed by atoms with Crippen molar-refractivity contribution in [2.75, 3.05) is 11.1 Å². The third-order valence-corrected chi connectivity index (χ3v) is 5.83. The highest BCUT2D eigenvalue weighted by Crippen LogP contribution is 2.27. The van der Waals surface area contributed by atoms with Crippen molar-refractivity contribution in [3.63, 3.8) is 0 Å². The Hall–Kier alpha value is -3.13. The number of thioether (sulfide) groups is 1. The van der Waals surface area contributed by atoms with Gasteiger partial charge < -0.3 is 9.73 Å². The van der Waals surface area contributed by atoms with Gasteiger partial charge in [0.1, 0.15) is 16.9 Å². The van der Waals surface area contributed by atoms with Gasteiger partial charge in [-0.2, -0.15) is 0 Å². The number of para-hydroxylation sites is 2. The summed E-state index contributed by atoms with van der Waals surface area (Å²) in [7, 11) is 0. The second-order valence-electron chi connectivity index (χ2n) is 7.63. The predicted molar refractivity (Wildman–Crippen MR) is 121 cm³/mol. The van der Waals surface area contributed by atoms with Crippen molar-refractivity contribution >= 4 is 45.4 Å². The van der Waals surface area contributed by atoms with E-state index in [-0.39, 0.29) is 28.5 Å². The molecule has 1 amide bonds. The number of carbonyl (C=O) groups is 1. The van der Waals surface area contributed by atoms with Crippen LogP contribution in [0.5, 0.6) is 0 Å². The average Bonchev–Trinajstić information content (AvgIpc) is 3.12. The molecule has 0 spiro atoms. The first-order valence-electron chi connectivity index (χ1n) is 10.0. The maximum atomic E-state index is 13.8. The number of hydrogen-bond acceptors (Lipinski definition) is 5. The van der Waals surface area contributed by atoms with E-state index in [1.807, 2.05) is 18.2 Å². The van der Waals surface area contributed by atoms with E-state index in [0.29, 0.717) is 28.7 Å². The number of fused-ring (bicyclic) bond motifs is 3. The van der Waals surface area contributed by atoms with Crippen LogP contribution in [0.2, 0.25) is 0 Å². The molecule has 0 atom stereocenters. The van der Waals surface area contributed by atoms with E-state index < -0.39 is 5.82 Å². The van der Waals surface area contributed by atoms with E-state index in [1.165, 1.54) is 12.1 Å². The van der Waals surface area contributed by atoms with Crippen LogP contribution in [0.3, 0.4) is 0 Å². The Kier molecular flexibility index (Phi) is 6.08. The highest BCUT2D eigenvalue weighted by molar-refractivity contribution is 7.99. The lowest BCUT2D eigenvalue weighted by atomic mass is 10.1. The number of aromatic nitrogens is 2. The summed E-state index contributed by atoms with van der Waals surface area (Å²) in [6.07, 6.45) is 0.780. The van der Waals surface area contributed by atoms with Crippen molar-refractivity contribution in [2.45, 2.75) is 32.0 Å². The second-order valence-corrected chi connectivity index (χ2v) is 8.57. The van der Waals surface area contributed by atoms with Crippen LogP contribution in [0.15, 0.2) is 62.9 Å². The molecule has 4 rings (SSSR count). The summed E-state index contributed by atoms with van der Waals surface area (Å²) < 4.78 is 21.1. The molecule has 0 saturated carbocycles. The van der Waals surface area contributed by atoms with Gasteiger partial charge in [0, 0.05) is 11.9 Å². The fourth-order valence-electron chi connectivity index (χ4n) is 3.23. The molecular weight excluding hydrogens is 417 g/mol. The van der Waals surface area contributed by atoms with E-state index >= 15 is 0 Å². The Labute approximate surface area is 182 Å². The summed E-state index contributed by atoms with van der Waals surface area (Å²) in [5, 5.41) is 3.75. The highest BCUT2D eigenvalue weighted by Gasteiger charge is 2.19. The van der Waals surface area contributed by atoms with Gasteiger partial charge in [-0.05, 0) is 36.6 Å². The van der Waals surface area contributed by atoms with Crippen molar-refractivity contribution in [1.82, 2.24) is 9.55 Å². The van der Waals surface area contributed by atoms with E-state index in [0.717, 1.165) is 23.6 Å². The summed E-state index contributed by atoms with van der Waals surface area (Å²) in [5.74, 6) is -0.500. The molecule has 0 aliphatic carbocycles. The fraction of sp³-hybridized carbons (Fsp3) is 0.261. The largest absolute Gasteiger partial charge is 0.448 e. The Balaban J connectivity index is 1.66. The number of nitrogens with zero attached hydrogens (tertiary/aromatic N) is 2. The van der Waals surface area contributed by atoms with E-state index in [9.17, 15) is 14.0 Å². The zero-order valence-electron chi connectivity index (χ0n) is 17.2. The van der Waals surface area contributed by atoms with Crippen LogP contribution >= 0.6 is 11.8 Å². The Morgan fingerprint density at radius 3 is 2.71 bits per heavy atom. The quantitative estimate of drug-likeness (QED) is 0.322. The smallest absolute Gasteiger partial charge is 0.297 e. The number of rotatable bonds is 7. The molecule has 31 heavy (non-hydrogen) atoms. The van der Waals surface area contributed by atoms with Gasteiger partial charge in [-0.15, -0.1) is 0 Å². The van der Waals surface area contributed by atoms with Crippen LogP contribution in [0.1, 0.15) is 20.3 Å². The standard InChI is InChI=1S/C23H22FN3O3S/c1-14(2)11-12-27-22(29)21-20(15-7-3-6-10-18(15)30-21)26-23(27)31-13-19(28)25-17-9-5-4-8-16(17)24/h3-10,14H,11-13H2,1-2H3,(H,25,28). The fourth-order valence-corrected chi connectivity index (χ4v) is 4.05. The number of nitrogens with one attached hydrogen (secondary N) is 1. The lowest BCUT2D eigenvalue weighted by Gasteiger charge is -2.13. The number of hydrogen-bond donors (Lipinski definition) is 1. The van der Waals surface area contributed by atoms with Crippen molar-refractivity contribution in [3.8, 4) is 0 Å². The molecule has 0 radical (unpaired) electrons. The normalized spacial score (nSPS) is 11.5. The minimum atomic E-state index is -0.501. The molecule has 2 aromatic heterocycles. The summed E-state index contributed by atoms with van der Waals surface area (Å²) in [6.45, 7) is 4.62. The Morgan fingerprint density at radius 2 is 1.94 bits per heavy atom. The molecule has 0 unspecified atom stereocenters. The molecule has 0 fully saturated rings. The third kappa shape index (κ3) is 4.49. The minimum Gasteiger partial charge on any atom is -0.448 e. The molecule has 0 aliphatic heterocycles. The van der Waals surface area contributed by atoms with Gasteiger partial charge in [-0.25, -0.2) is 9.37 Å². The summed E-state index contributed by atoms with van der Waals surface area (Å²) in [6, 6.07) is 13.3. The molecule has 0 saturated heterocycles. The third-order valence-electron chi connectivity index (χ3n) is 4.86. The van der Waals surface area contributed by atoms with Gasteiger partial charge in [0.2, 0.25) is 11.5 Å². The number of carbonyl (C=O) groups excluding carboxylic acids is 1. The van der Waals surface area contributed by atoms with Gasteiger partial charge in [-0.1, -0.05) is 49.9 Å². The van der Waals surface area contributed by atoms with E-state index in [2.05, 4.69) is 24.1 Å². The van der Waals surface area contributed by atoms with Crippen molar-refractivity contribution in [1.29, 1.82) is 0 Å². The summed E-state index contributed by atoms with van der Waals surface area (Å²) >= 11 is 1.15. The molecule has 2 heterocycles. The van der Waals surface area contributed by atoms with Crippen LogP contribution in [0.25, 0.3) is 22.1 Å². The minimum absolute atomic E-state index is 0.0102. The molecule has 4 aromatic rings. The van der Waals surface area contributed by atoms with Crippen LogP contribution in [0.4, 0.5) is 10.1 Å². The van der Waals surface area contributed by atoms with Crippen molar-refractivity contribution in [2.24, 2.45) is 5.92 Å². The maximum Gasteiger partial charge on any atom is 0.297 e. The molecule has 6 nitrogen and oxygen atoms in total. The molecule has 0 bridgehead atoms. The lowest BCUT2D eigenvalue weighted by molar-refractivity contribution is -0.113. The van der Waals surface area contributed by atoms with Gasteiger partial charge in [0.05, 0.1) is 11.4 Å². The molecule has 8 heteroatoms. The molecule has 0 aliphatic rings. The predicted octanol–water partition coefficient (Wildman–Crippen LogP) is 5.06. The van der Waals surface area contributed by atoms with Crippen molar-refractivity contribution < 1.29 is 13.6 Å². The van der Waals surface area contributed by atoms with Gasteiger partial charge >= 0.3 is 0 Å². The van der Waals surface area contributed by atoms with E-state index in [1.54, 1.807) is 22.8 Å². The molecular formula is C23H22FN3O3S. The molecule has 160 valence electrons. The van der Waals surface area contributed by atoms with E-state index in [4.69, 9.17) is 4.42 Å². The van der Waals surface area contributed by atoms with Crippen LogP contribution in [-0.2, 0) is 11.3 Å². The number of benzene rings is 2. The lowest BCUT2D eigenvalue weighted by Crippen LogP contribution is -2.24. The number of anilines is 1. The first kappa shape index (κ1) is 21.1. The maximum absolute atomic E-state index is 13.8. The first-order valence-corrected chi connectivity index (χ1v) is 11.0. The second kappa shape index (κ2) is 8.93. The SMILES string of the molecule is CC(C)CCn1c(SCC(=O)Nc2ccccc2F)nc2c(oc3ccccc32)c1=O. The van der Waals surface area contributed by atoms with Gasteiger partial charge in [0.15, 0.2) is 5.16 Å². The Bertz CT molecular complexity index is 1310. The monoisotopic (exact) mass is 439 g/mol. The summed E-state index contributed by atoms with van der Waals surface area (Å²) in [5.41, 5.74) is 1.15. The topological polar surface area (TPSA) is 77.1 Å². The summed E-state index contributed by atoms with van der Waals surface area (Å²) in [4.78, 5) is 30.2.